The van der Waals surface area contributed by atoms with Crippen molar-refractivity contribution in [3.05, 3.63) is 53.2 Å². The molecule has 0 saturated heterocycles. The lowest BCUT2D eigenvalue weighted by molar-refractivity contribution is -0.136. The highest BCUT2D eigenvalue weighted by atomic mass is 35.5. The Labute approximate surface area is 159 Å². The molecule has 27 heavy (non-hydrogen) atoms. The minimum Gasteiger partial charge on any atom is -0.481 e. The molecule has 0 bridgehead atoms. The first-order chi connectivity index (χ1) is 12.8. The van der Waals surface area contributed by atoms with Gasteiger partial charge in [0.05, 0.1) is 28.5 Å². The molecule has 1 heterocycles. The van der Waals surface area contributed by atoms with E-state index in [1.807, 2.05) is 0 Å². The second kappa shape index (κ2) is 7.25. The van der Waals surface area contributed by atoms with Crippen molar-refractivity contribution in [2.75, 3.05) is 0 Å². The van der Waals surface area contributed by atoms with Crippen molar-refractivity contribution in [1.82, 2.24) is 4.57 Å². The third-order valence-corrected chi connectivity index (χ3v) is 4.48. The van der Waals surface area contributed by atoms with Crippen molar-refractivity contribution >= 4 is 40.3 Å². The maximum atomic E-state index is 11.9. The zero-order valence-corrected chi connectivity index (χ0v) is 15.4. The number of halogens is 1. The number of nitrogens with zero attached hydrogens (tertiary/aromatic N) is 1. The molecule has 0 saturated carbocycles. The molecule has 0 fully saturated rings. The Kier molecular flexibility index (Phi) is 5.01. The standard InChI is InChI=1S/C20H16ClNO5/c1-11(23)22-10-17(27-12(2)24)19-16(22)8-7-15(20(19)21)14-5-3-13(4-6-14)9-18(25)26/h3-8,10H,9H2,1-2H3,(H,25,26). The fourth-order valence-electron chi connectivity index (χ4n) is 2.94. The van der Waals surface area contributed by atoms with Crippen LogP contribution in [-0.2, 0) is 16.0 Å². The van der Waals surface area contributed by atoms with Gasteiger partial charge in [0.2, 0.25) is 5.91 Å². The van der Waals surface area contributed by atoms with Crippen molar-refractivity contribution in [3.8, 4) is 16.9 Å². The summed E-state index contributed by atoms with van der Waals surface area (Å²) in [5.41, 5.74) is 2.67. The van der Waals surface area contributed by atoms with Gasteiger partial charge in [0.15, 0.2) is 5.75 Å². The molecule has 0 aliphatic heterocycles. The van der Waals surface area contributed by atoms with Crippen LogP contribution in [0.15, 0.2) is 42.6 Å². The van der Waals surface area contributed by atoms with Crippen molar-refractivity contribution in [2.24, 2.45) is 0 Å². The van der Waals surface area contributed by atoms with Crippen molar-refractivity contribution in [3.63, 3.8) is 0 Å². The van der Waals surface area contributed by atoms with Crippen molar-refractivity contribution < 1.29 is 24.2 Å². The maximum absolute atomic E-state index is 11.9. The fourth-order valence-corrected chi connectivity index (χ4v) is 3.31. The third kappa shape index (κ3) is 3.71. The molecule has 7 heteroatoms. The Bertz CT molecular complexity index is 1070. The Morgan fingerprint density at radius 1 is 1.07 bits per heavy atom. The van der Waals surface area contributed by atoms with Gasteiger partial charge in [-0.15, -0.1) is 0 Å². The van der Waals surface area contributed by atoms with Gasteiger partial charge in [-0.25, -0.2) is 0 Å². The highest BCUT2D eigenvalue weighted by Gasteiger charge is 2.19. The van der Waals surface area contributed by atoms with E-state index in [2.05, 4.69) is 0 Å². The van der Waals surface area contributed by atoms with Crippen LogP contribution in [0.3, 0.4) is 0 Å². The molecule has 6 nitrogen and oxygen atoms in total. The van der Waals surface area contributed by atoms with Crippen LogP contribution in [0.25, 0.3) is 22.0 Å². The number of carboxylic acid groups (broad SMARTS) is 1. The molecule has 138 valence electrons. The Hall–Kier alpha value is -3.12. The van der Waals surface area contributed by atoms with Gasteiger partial charge < -0.3 is 9.84 Å². The summed E-state index contributed by atoms with van der Waals surface area (Å²) in [7, 11) is 0. The molecule has 0 spiro atoms. The molecule has 0 aliphatic carbocycles. The lowest BCUT2D eigenvalue weighted by Crippen LogP contribution is -2.03. The van der Waals surface area contributed by atoms with Gasteiger partial charge in [0.25, 0.3) is 0 Å². The summed E-state index contributed by atoms with van der Waals surface area (Å²) in [6.07, 6.45) is 1.38. The Balaban J connectivity index is 2.15. The van der Waals surface area contributed by atoms with Gasteiger partial charge in [0, 0.05) is 19.4 Å². The maximum Gasteiger partial charge on any atom is 0.308 e. The monoisotopic (exact) mass is 385 g/mol. The van der Waals surface area contributed by atoms with Crippen LogP contribution >= 0.6 is 11.6 Å². The third-order valence-electron chi connectivity index (χ3n) is 4.09. The van der Waals surface area contributed by atoms with Gasteiger partial charge in [-0.3, -0.25) is 19.0 Å². The van der Waals surface area contributed by atoms with E-state index in [1.165, 1.54) is 24.6 Å². The van der Waals surface area contributed by atoms with Gasteiger partial charge >= 0.3 is 11.9 Å². The largest absolute Gasteiger partial charge is 0.481 e. The van der Waals surface area contributed by atoms with E-state index in [-0.39, 0.29) is 18.1 Å². The van der Waals surface area contributed by atoms with E-state index in [1.54, 1.807) is 36.4 Å². The van der Waals surface area contributed by atoms with Gasteiger partial charge in [-0.2, -0.15) is 0 Å². The number of hydrogen-bond donors (Lipinski definition) is 1. The Morgan fingerprint density at radius 2 is 1.74 bits per heavy atom. The number of benzene rings is 2. The van der Waals surface area contributed by atoms with Crippen molar-refractivity contribution in [2.45, 2.75) is 20.3 Å². The van der Waals surface area contributed by atoms with Gasteiger partial charge in [0.1, 0.15) is 0 Å². The number of esters is 1. The molecule has 2 aromatic carbocycles. The topological polar surface area (TPSA) is 85.6 Å². The van der Waals surface area contributed by atoms with E-state index in [4.69, 9.17) is 21.4 Å². The minimum atomic E-state index is -0.904. The summed E-state index contributed by atoms with van der Waals surface area (Å²) in [6, 6.07) is 10.5. The number of carbonyl (C=O) groups is 3. The first-order valence-electron chi connectivity index (χ1n) is 8.12. The van der Waals surface area contributed by atoms with E-state index < -0.39 is 11.9 Å². The van der Waals surface area contributed by atoms with Crippen LogP contribution in [0.2, 0.25) is 5.02 Å². The summed E-state index contributed by atoms with van der Waals surface area (Å²) in [5.74, 6) is -1.45. The fraction of sp³-hybridized carbons (Fsp3) is 0.150. The summed E-state index contributed by atoms with van der Waals surface area (Å²) in [4.78, 5) is 34.1. The average Bonchev–Trinajstić information content (AvgIpc) is 2.94. The zero-order valence-electron chi connectivity index (χ0n) is 14.7. The second-order valence-corrected chi connectivity index (χ2v) is 6.44. The molecular weight excluding hydrogens is 370 g/mol. The molecule has 0 aliphatic rings. The molecule has 3 aromatic rings. The summed E-state index contributed by atoms with van der Waals surface area (Å²) in [6.45, 7) is 2.68. The summed E-state index contributed by atoms with van der Waals surface area (Å²) in [5, 5.41) is 9.68. The van der Waals surface area contributed by atoms with E-state index in [0.717, 1.165) is 5.56 Å². The van der Waals surface area contributed by atoms with Crippen LogP contribution in [-0.4, -0.2) is 27.5 Å². The minimum absolute atomic E-state index is 0.0644. The van der Waals surface area contributed by atoms with Gasteiger partial charge in [-0.1, -0.05) is 41.9 Å². The molecule has 0 unspecified atom stereocenters. The number of carboxylic acids is 1. The molecule has 0 atom stereocenters. The number of fused-ring (bicyclic) bond motifs is 1. The van der Waals surface area contributed by atoms with Crippen LogP contribution in [0.1, 0.15) is 24.2 Å². The van der Waals surface area contributed by atoms with E-state index in [0.29, 0.717) is 27.1 Å². The normalized spacial score (nSPS) is 10.8. The summed E-state index contributed by atoms with van der Waals surface area (Å²) < 4.78 is 6.61. The number of hydrogen-bond acceptors (Lipinski definition) is 4. The number of carbonyl (C=O) groups excluding carboxylic acids is 2. The van der Waals surface area contributed by atoms with E-state index >= 15 is 0 Å². The van der Waals surface area contributed by atoms with Crippen LogP contribution < -0.4 is 4.74 Å². The molecule has 0 amide bonds. The van der Waals surface area contributed by atoms with Crippen LogP contribution in [0, 0.1) is 0 Å². The second-order valence-electron chi connectivity index (χ2n) is 6.06. The lowest BCUT2D eigenvalue weighted by Gasteiger charge is -2.09. The first kappa shape index (κ1) is 18.7. The molecule has 3 rings (SSSR count). The molecule has 1 aromatic heterocycles. The first-order valence-corrected chi connectivity index (χ1v) is 8.49. The van der Waals surface area contributed by atoms with Crippen LogP contribution in [0.4, 0.5) is 0 Å². The quantitative estimate of drug-likeness (QED) is 0.681. The molecule has 1 N–H and O–H groups in total. The van der Waals surface area contributed by atoms with E-state index in [9.17, 15) is 14.4 Å². The van der Waals surface area contributed by atoms with Crippen LogP contribution in [0.5, 0.6) is 5.75 Å². The number of rotatable bonds is 4. The average molecular weight is 386 g/mol. The lowest BCUT2D eigenvalue weighted by atomic mass is 10.0. The molecular formula is C20H16ClNO5. The molecule has 0 radical (unpaired) electrons. The highest BCUT2D eigenvalue weighted by Crippen LogP contribution is 2.40. The Morgan fingerprint density at radius 3 is 2.30 bits per heavy atom. The predicted octanol–water partition coefficient (Wildman–Crippen LogP) is 4.17. The zero-order chi connectivity index (χ0) is 19.7. The SMILES string of the molecule is CC(=O)Oc1cn(C(C)=O)c2ccc(-c3ccc(CC(=O)O)cc3)c(Cl)c12. The smallest absolute Gasteiger partial charge is 0.308 e. The summed E-state index contributed by atoms with van der Waals surface area (Å²) >= 11 is 6.60. The van der Waals surface area contributed by atoms with Crippen molar-refractivity contribution in [1.29, 1.82) is 0 Å². The van der Waals surface area contributed by atoms with Gasteiger partial charge in [-0.05, 0) is 17.2 Å². The predicted molar refractivity (Wildman–Crippen MR) is 101 cm³/mol. The number of aliphatic carboxylic acids is 1. The highest BCUT2D eigenvalue weighted by molar-refractivity contribution is 6.39. The number of aromatic nitrogens is 1. The number of ether oxygens (including phenoxy) is 1.